The molecule has 116 valence electrons. The quantitative estimate of drug-likeness (QED) is 0.500. The van der Waals surface area contributed by atoms with E-state index in [1.807, 2.05) is 0 Å². The molecule has 1 N–H and O–H groups in total. The predicted octanol–water partition coefficient (Wildman–Crippen LogP) is 6.10. The van der Waals surface area contributed by atoms with Gasteiger partial charge < -0.3 is 4.98 Å². The van der Waals surface area contributed by atoms with Gasteiger partial charge in [0.05, 0.1) is 0 Å². The third kappa shape index (κ3) is 4.60. The largest absolute Gasteiger partial charge is 0.336 e. The van der Waals surface area contributed by atoms with Gasteiger partial charge in [0, 0.05) is 11.8 Å². The van der Waals surface area contributed by atoms with Crippen molar-refractivity contribution in [2.45, 2.75) is 84.0 Å². The van der Waals surface area contributed by atoms with Crippen molar-refractivity contribution in [2.75, 3.05) is 0 Å². The molecular weight excluding hydrogens is 256 g/mol. The van der Waals surface area contributed by atoms with Crippen molar-refractivity contribution in [3.63, 3.8) is 0 Å². The van der Waals surface area contributed by atoms with Crippen molar-refractivity contribution >= 4 is 0 Å². The number of halogens is 2. The number of rotatable bonds is 10. The maximum atomic E-state index is 13.9. The maximum Gasteiger partial charge on any atom is 0.227 e. The minimum absolute atomic E-state index is 0.242. The number of hydrogen-bond donors (Lipinski definition) is 1. The molecule has 1 atom stereocenters. The highest BCUT2D eigenvalue weighted by Crippen LogP contribution is 2.37. The number of nitrogens with one attached hydrogen (secondary N) is 1. The van der Waals surface area contributed by atoms with Crippen LogP contribution < -0.4 is 0 Å². The molecule has 0 radical (unpaired) electrons. The summed E-state index contributed by atoms with van der Waals surface area (Å²) >= 11 is 0. The standard InChI is InChI=1S/C17H29F2N/c1-4-6-8-10-12-17(3,11-9-7-5-2)14-13-20-16(19)15(14)18/h13,20H,4-12H2,1-3H3. The molecule has 0 saturated carbocycles. The molecule has 3 heteroatoms. The summed E-state index contributed by atoms with van der Waals surface area (Å²) in [6.07, 6.45) is 11.4. The van der Waals surface area contributed by atoms with Crippen LogP contribution in [0.15, 0.2) is 6.20 Å². The van der Waals surface area contributed by atoms with E-state index in [-0.39, 0.29) is 5.41 Å². The molecule has 0 bridgehead atoms. The normalized spacial score (nSPS) is 14.4. The van der Waals surface area contributed by atoms with Gasteiger partial charge in [-0.1, -0.05) is 65.7 Å². The average molecular weight is 285 g/mol. The summed E-state index contributed by atoms with van der Waals surface area (Å²) in [5, 5.41) is 0. The van der Waals surface area contributed by atoms with Gasteiger partial charge in [0.25, 0.3) is 0 Å². The second kappa shape index (κ2) is 8.43. The Kier molecular flexibility index (Phi) is 7.25. The lowest BCUT2D eigenvalue weighted by Gasteiger charge is -2.29. The van der Waals surface area contributed by atoms with Gasteiger partial charge in [-0.2, -0.15) is 4.39 Å². The first-order valence-electron chi connectivity index (χ1n) is 8.08. The molecule has 1 aromatic heterocycles. The Morgan fingerprint density at radius 1 is 0.950 bits per heavy atom. The SMILES string of the molecule is CCCCCCC(C)(CCCCC)c1c[nH]c(F)c1F. The molecule has 1 heterocycles. The minimum Gasteiger partial charge on any atom is -0.336 e. The van der Waals surface area contributed by atoms with Crippen LogP contribution in [0.3, 0.4) is 0 Å². The van der Waals surface area contributed by atoms with Crippen LogP contribution in [0.2, 0.25) is 0 Å². The van der Waals surface area contributed by atoms with Crippen molar-refractivity contribution in [3.05, 3.63) is 23.5 Å². The lowest BCUT2D eigenvalue weighted by molar-refractivity contribution is 0.349. The van der Waals surface area contributed by atoms with E-state index in [4.69, 9.17) is 0 Å². The fraction of sp³-hybridized carbons (Fsp3) is 0.765. The summed E-state index contributed by atoms with van der Waals surface area (Å²) in [6.45, 7) is 6.43. The predicted molar refractivity (Wildman–Crippen MR) is 81.0 cm³/mol. The van der Waals surface area contributed by atoms with Gasteiger partial charge in [-0.15, -0.1) is 0 Å². The smallest absolute Gasteiger partial charge is 0.227 e. The van der Waals surface area contributed by atoms with Crippen LogP contribution in [0.5, 0.6) is 0 Å². The third-order valence-electron chi connectivity index (χ3n) is 4.34. The molecule has 0 amide bonds. The van der Waals surface area contributed by atoms with E-state index in [1.54, 1.807) is 0 Å². The molecule has 20 heavy (non-hydrogen) atoms. The van der Waals surface area contributed by atoms with Crippen LogP contribution in [0.25, 0.3) is 0 Å². The van der Waals surface area contributed by atoms with Crippen LogP contribution >= 0.6 is 0 Å². The molecule has 0 spiro atoms. The van der Waals surface area contributed by atoms with Crippen molar-refractivity contribution in [3.8, 4) is 0 Å². The maximum absolute atomic E-state index is 13.9. The van der Waals surface area contributed by atoms with Crippen LogP contribution in [0.1, 0.15) is 84.1 Å². The highest BCUT2D eigenvalue weighted by molar-refractivity contribution is 5.23. The zero-order valence-corrected chi connectivity index (χ0v) is 13.2. The number of unbranched alkanes of at least 4 members (excludes halogenated alkanes) is 5. The van der Waals surface area contributed by atoms with E-state index >= 15 is 0 Å². The van der Waals surface area contributed by atoms with Crippen molar-refractivity contribution in [1.82, 2.24) is 4.98 Å². The van der Waals surface area contributed by atoms with Crippen LogP contribution in [-0.2, 0) is 5.41 Å². The molecule has 1 nitrogen and oxygen atoms in total. The van der Waals surface area contributed by atoms with E-state index in [1.165, 1.54) is 25.5 Å². The van der Waals surface area contributed by atoms with Gasteiger partial charge in [-0.25, -0.2) is 4.39 Å². The Hall–Kier alpha value is -0.860. The van der Waals surface area contributed by atoms with E-state index in [9.17, 15) is 8.78 Å². The Balaban J connectivity index is 2.74. The third-order valence-corrected chi connectivity index (χ3v) is 4.34. The highest BCUT2D eigenvalue weighted by atomic mass is 19.2. The van der Waals surface area contributed by atoms with E-state index in [0.29, 0.717) is 5.56 Å². The summed E-state index contributed by atoms with van der Waals surface area (Å²) < 4.78 is 27.2. The molecule has 1 aromatic rings. The number of hydrogen-bond acceptors (Lipinski definition) is 0. The molecule has 1 unspecified atom stereocenters. The fourth-order valence-corrected chi connectivity index (χ4v) is 2.92. The number of H-pyrrole nitrogens is 1. The summed E-state index contributed by atoms with van der Waals surface area (Å²) in [7, 11) is 0. The lowest BCUT2D eigenvalue weighted by Crippen LogP contribution is -2.23. The van der Waals surface area contributed by atoms with Gasteiger partial charge in [0.15, 0.2) is 5.82 Å². The zero-order chi connectivity index (χ0) is 15.0. The molecule has 0 aliphatic heterocycles. The molecule has 0 saturated heterocycles. The van der Waals surface area contributed by atoms with E-state index in [0.717, 1.165) is 38.5 Å². The average Bonchev–Trinajstić information content (AvgIpc) is 2.76. The fourth-order valence-electron chi connectivity index (χ4n) is 2.92. The molecule has 0 aliphatic rings. The van der Waals surface area contributed by atoms with Gasteiger partial charge >= 0.3 is 0 Å². The molecule has 1 rings (SSSR count). The van der Waals surface area contributed by atoms with E-state index < -0.39 is 11.8 Å². The Morgan fingerprint density at radius 2 is 1.50 bits per heavy atom. The highest BCUT2D eigenvalue weighted by Gasteiger charge is 2.31. The molecule has 0 aliphatic carbocycles. The summed E-state index contributed by atoms with van der Waals surface area (Å²) in [5.74, 6) is -1.50. The topological polar surface area (TPSA) is 15.8 Å². The lowest BCUT2D eigenvalue weighted by atomic mass is 9.75. The van der Waals surface area contributed by atoms with Gasteiger partial charge in [-0.3, -0.25) is 0 Å². The second-order valence-corrected chi connectivity index (χ2v) is 6.16. The van der Waals surface area contributed by atoms with Crippen molar-refractivity contribution in [1.29, 1.82) is 0 Å². The first kappa shape index (κ1) is 17.2. The van der Waals surface area contributed by atoms with Gasteiger partial charge in [0.1, 0.15) is 0 Å². The second-order valence-electron chi connectivity index (χ2n) is 6.16. The molecule has 0 fully saturated rings. The van der Waals surface area contributed by atoms with Crippen molar-refractivity contribution < 1.29 is 8.78 Å². The zero-order valence-electron chi connectivity index (χ0n) is 13.2. The summed E-state index contributed by atoms with van der Waals surface area (Å²) in [4.78, 5) is 2.39. The number of aromatic nitrogens is 1. The van der Waals surface area contributed by atoms with Crippen LogP contribution in [-0.4, -0.2) is 4.98 Å². The summed E-state index contributed by atoms with van der Waals surface area (Å²) in [6, 6.07) is 0. The van der Waals surface area contributed by atoms with Crippen LogP contribution in [0.4, 0.5) is 8.78 Å². The van der Waals surface area contributed by atoms with Gasteiger partial charge in [0.2, 0.25) is 5.95 Å². The number of aromatic amines is 1. The minimum atomic E-state index is -0.824. The molecular formula is C17H29F2N. The summed E-state index contributed by atoms with van der Waals surface area (Å²) in [5.41, 5.74) is 0.288. The molecule has 0 aromatic carbocycles. The Morgan fingerprint density at radius 3 is 2.00 bits per heavy atom. The van der Waals surface area contributed by atoms with E-state index in [2.05, 4.69) is 25.8 Å². The van der Waals surface area contributed by atoms with Crippen molar-refractivity contribution in [2.24, 2.45) is 0 Å². The van der Waals surface area contributed by atoms with Crippen LogP contribution in [0, 0.1) is 11.8 Å². The Labute approximate surface area is 122 Å². The Bertz CT molecular complexity index is 386. The van der Waals surface area contributed by atoms with Gasteiger partial charge in [-0.05, 0) is 18.3 Å². The first-order valence-corrected chi connectivity index (χ1v) is 8.08. The monoisotopic (exact) mass is 285 g/mol. The first-order chi connectivity index (χ1) is 9.55.